The Morgan fingerprint density at radius 3 is 2.96 bits per heavy atom. The summed E-state index contributed by atoms with van der Waals surface area (Å²) in [6.07, 6.45) is 4.38. The fourth-order valence-corrected chi connectivity index (χ4v) is 3.04. The summed E-state index contributed by atoms with van der Waals surface area (Å²) in [5, 5.41) is 12.2. The van der Waals surface area contributed by atoms with Crippen LogP contribution in [0.15, 0.2) is 6.20 Å². The first-order chi connectivity index (χ1) is 11.2. The van der Waals surface area contributed by atoms with Crippen molar-refractivity contribution in [3.63, 3.8) is 0 Å². The van der Waals surface area contributed by atoms with Gasteiger partial charge in [-0.25, -0.2) is 9.97 Å². The fraction of sp³-hybridized carbons (Fsp3) is 0.600. The maximum absolute atomic E-state index is 12.5. The van der Waals surface area contributed by atoms with Crippen LogP contribution in [0.1, 0.15) is 29.8 Å². The number of hydrogen-bond donors (Lipinski definition) is 1. The summed E-state index contributed by atoms with van der Waals surface area (Å²) in [6, 6.07) is 1.52. The van der Waals surface area contributed by atoms with Crippen molar-refractivity contribution in [1.29, 1.82) is 5.26 Å². The molecule has 2 aliphatic rings. The molecule has 0 saturated carbocycles. The molecular formula is C15H18ClN5O2. The van der Waals surface area contributed by atoms with Crippen LogP contribution >= 0.6 is 11.6 Å². The topological polar surface area (TPSA) is 91.1 Å². The van der Waals surface area contributed by atoms with Gasteiger partial charge < -0.3 is 15.0 Å². The number of amides is 1. The van der Waals surface area contributed by atoms with Crippen LogP contribution in [-0.4, -0.2) is 48.2 Å². The number of nitrogens with zero attached hydrogens (tertiary/aromatic N) is 4. The second-order valence-corrected chi connectivity index (χ2v) is 6.17. The van der Waals surface area contributed by atoms with Crippen molar-refractivity contribution in [3.8, 4) is 6.07 Å². The van der Waals surface area contributed by atoms with Crippen LogP contribution in [0.4, 0.5) is 5.95 Å². The van der Waals surface area contributed by atoms with E-state index in [4.69, 9.17) is 16.3 Å². The average Bonchev–Trinajstić information content (AvgIpc) is 3.26. The van der Waals surface area contributed by atoms with Crippen molar-refractivity contribution in [2.24, 2.45) is 5.92 Å². The molecule has 2 saturated heterocycles. The molecule has 0 unspecified atom stereocenters. The number of ether oxygens (including phenoxy) is 1. The zero-order valence-electron chi connectivity index (χ0n) is 12.7. The fourth-order valence-electron chi connectivity index (χ4n) is 2.87. The average molecular weight is 336 g/mol. The van der Waals surface area contributed by atoms with Crippen molar-refractivity contribution in [2.75, 3.05) is 31.2 Å². The molecule has 3 rings (SSSR count). The van der Waals surface area contributed by atoms with E-state index in [1.807, 2.05) is 4.90 Å². The minimum atomic E-state index is -0.605. The molecule has 0 spiro atoms. The lowest BCUT2D eigenvalue weighted by molar-refractivity contribution is 0.0926. The Balaban J connectivity index is 1.75. The first-order valence-electron chi connectivity index (χ1n) is 7.75. The van der Waals surface area contributed by atoms with Crippen molar-refractivity contribution in [1.82, 2.24) is 15.3 Å². The van der Waals surface area contributed by atoms with Gasteiger partial charge in [0.25, 0.3) is 5.91 Å². The Morgan fingerprint density at radius 2 is 2.30 bits per heavy atom. The molecule has 7 nitrogen and oxygen atoms in total. The van der Waals surface area contributed by atoms with E-state index in [0.29, 0.717) is 19.2 Å². The molecule has 1 amide bonds. The third-order valence-electron chi connectivity index (χ3n) is 4.20. The van der Waals surface area contributed by atoms with E-state index in [9.17, 15) is 10.1 Å². The molecule has 0 aromatic carbocycles. The highest BCUT2D eigenvalue weighted by Gasteiger charge is 2.28. The summed E-state index contributed by atoms with van der Waals surface area (Å²) >= 11 is 6.07. The molecule has 2 aliphatic heterocycles. The van der Waals surface area contributed by atoms with Gasteiger partial charge in [-0.2, -0.15) is 5.26 Å². The van der Waals surface area contributed by atoms with Crippen LogP contribution < -0.4 is 10.2 Å². The zero-order valence-corrected chi connectivity index (χ0v) is 13.4. The van der Waals surface area contributed by atoms with E-state index < -0.39 is 11.9 Å². The molecule has 1 N–H and O–H groups in total. The highest BCUT2D eigenvalue weighted by atomic mass is 35.5. The molecule has 1 aromatic heterocycles. The normalized spacial score (nSPS) is 21.9. The summed E-state index contributed by atoms with van der Waals surface area (Å²) in [5.74, 6) is 0.0636. The van der Waals surface area contributed by atoms with E-state index in [1.165, 1.54) is 6.20 Å². The van der Waals surface area contributed by atoms with E-state index in [-0.39, 0.29) is 16.6 Å². The number of anilines is 1. The van der Waals surface area contributed by atoms with Gasteiger partial charge >= 0.3 is 0 Å². The van der Waals surface area contributed by atoms with Gasteiger partial charge in [-0.3, -0.25) is 4.79 Å². The molecule has 2 atom stereocenters. The van der Waals surface area contributed by atoms with Crippen LogP contribution in [0.25, 0.3) is 0 Å². The molecule has 0 radical (unpaired) electrons. The van der Waals surface area contributed by atoms with Gasteiger partial charge in [-0.05, 0) is 19.3 Å². The maximum atomic E-state index is 12.5. The number of halogens is 1. The van der Waals surface area contributed by atoms with Crippen LogP contribution in [0.3, 0.4) is 0 Å². The van der Waals surface area contributed by atoms with Crippen LogP contribution in [0.2, 0.25) is 5.02 Å². The Labute approximate surface area is 139 Å². The third-order valence-corrected chi connectivity index (χ3v) is 4.47. The monoisotopic (exact) mass is 335 g/mol. The van der Waals surface area contributed by atoms with Crippen LogP contribution in [-0.2, 0) is 4.74 Å². The molecule has 0 aliphatic carbocycles. The van der Waals surface area contributed by atoms with E-state index in [1.54, 1.807) is 0 Å². The number of nitrogens with one attached hydrogen (secondary N) is 1. The first kappa shape index (κ1) is 16.0. The van der Waals surface area contributed by atoms with Crippen LogP contribution in [0.5, 0.6) is 0 Å². The number of hydrogen-bond acceptors (Lipinski definition) is 6. The van der Waals surface area contributed by atoms with Gasteiger partial charge in [-0.15, -0.1) is 0 Å². The Morgan fingerprint density at radius 1 is 1.52 bits per heavy atom. The van der Waals surface area contributed by atoms with Crippen molar-refractivity contribution >= 4 is 23.5 Å². The zero-order chi connectivity index (χ0) is 16.2. The van der Waals surface area contributed by atoms with Gasteiger partial charge in [0.2, 0.25) is 5.95 Å². The summed E-state index contributed by atoms with van der Waals surface area (Å²) in [5.41, 5.74) is 0.114. The van der Waals surface area contributed by atoms with Gasteiger partial charge in [0.05, 0.1) is 23.9 Å². The van der Waals surface area contributed by atoms with Gasteiger partial charge in [0.15, 0.2) is 5.69 Å². The van der Waals surface area contributed by atoms with Gasteiger partial charge in [0, 0.05) is 25.6 Å². The summed E-state index contributed by atoms with van der Waals surface area (Å²) in [6.45, 7) is 2.85. The van der Waals surface area contributed by atoms with Crippen LogP contribution in [0, 0.1) is 17.2 Å². The Bertz CT molecular complexity index is 621. The van der Waals surface area contributed by atoms with Gasteiger partial charge in [-0.1, -0.05) is 11.6 Å². The standard InChI is InChI=1S/C15H18ClN5O2/c16-11-8-18-15(21-4-1-2-5-21)20-13(11)14(22)19-12(7-17)10-3-6-23-9-10/h8,10,12H,1-6,9H2,(H,19,22)/t10-,12+/m1/s1. The first-order valence-corrected chi connectivity index (χ1v) is 8.12. The summed E-state index contributed by atoms with van der Waals surface area (Å²) < 4.78 is 5.28. The quantitative estimate of drug-likeness (QED) is 0.894. The number of aromatic nitrogens is 2. The molecule has 8 heteroatoms. The maximum Gasteiger partial charge on any atom is 0.272 e. The molecule has 122 valence electrons. The molecule has 0 bridgehead atoms. The molecule has 1 aromatic rings. The van der Waals surface area contributed by atoms with Crippen molar-refractivity contribution in [3.05, 3.63) is 16.9 Å². The lowest BCUT2D eigenvalue weighted by Crippen LogP contribution is -2.40. The molecule has 23 heavy (non-hydrogen) atoms. The van der Waals surface area contributed by atoms with E-state index >= 15 is 0 Å². The highest BCUT2D eigenvalue weighted by molar-refractivity contribution is 6.33. The second-order valence-electron chi connectivity index (χ2n) is 5.76. The third kappa shape index (κ3) is 3.54. The SMILES string of the molecule is N#C[C@H](NC(=O)c1nc(N2CCCC2)ncc1Cl)[C@@H]1CCOC1. The predicted octanol–water partition coefficient (Wildman–Crippen LogP) is 1.39. The number of rotatable bonds is 4. The number of nitriles is 1. The lowest BCUT2D eigenvalue weighted by atomic mass is 10.0. The van der Waals surface area contributed by atoms with E-state index in [2.05, 4.69) is 21.4 Å². The number of carbonyl (C=O) groups excluding carboxylic acids is 1. The van der Waals surface area contributed by atoms with Gasteiger partial charge in [0.1, 0.15) is 6.04 Å². The predicted molar refractivity (Wildman–Crippen MR) is 84.3 cm³/mol. The smallest absolute Gasteiger partial charge is 0.272 e. The molecule has 2 fully saturated rings. The largest absolute Gasteiger partial charge is 0.381 e. The van der Waals surface area contributed by atoms with E-state index in [0.717, 1.165) is 32.4 Å². The Hall–Kier alpha value is -1.91. The molecular weight excluding hydrogens is 318 g/mol. The Kier molecular flexibility index (Phi) is 4.94. The number of carbonyl (C=O) groups is 1. The summed E-state index contributed by atoms with van der Waals surface area (Å²) in [4.78, 5) is 23.0. The minimum Gasteiger partial charge on any atom is -0.381 e. The lowest BCUT2D eigenvalue weighted by Gasteiger charge is -2.18. The minimum absolute atomic E-state index is 0.00242. The van der Waals surface area contributed by atoms with Crippen molar-refractivity contribution in [2.45, 2.75) is 25.3 Å². The van der Waals surface area contributed by atoms with Crippen molar-refractivity contribution < 1.29 is 9.53 Å². The molecule has 3 heterocycles. The summed E-state index contributed by atoms with van der Waals surface area (Å²) in [7, 11) is 0. The highest BCUT2D eigenvalue weighted by Crippen LogP contribution is 2.21. The second kappa shape index (κ2) is 7.11.